The van der Waals surface area contributed by atoms with Crippen molar-refractivity contribution in [2.24, 2.45) is 0 Å². The highest BCUT2D eigenvalue weighted by molar-refractivity contribution is 5.88. The normalized spacial score (nSPS) is 12.5. The van der Waals surface area contributed by atoms with Gasteiger partial charge in [0, 0.05) is 29.1 Å². The van der Waals surface area contributed by atoms with E-state index in [2.05, 4.69) is 181 Å². The van der Waals surface area contributed by atoms with Gasteiger partial charge in [0.1, 0.15) is 0 Å². The van der Waals surface area contributed by atoms with Crippen molar-refractivity contribution in [3.05, 3.63) is 229 Å². The first kappa shape index (κ1) is 32.4. The maximum Gasteiger partial charge on any atom is 0.165 e. The van der Waals surface area contributed by atoms with Crippen LogP contribution in [0.15, 0.2) is 207 Å². The highest BCUT2D eigenvalue weighted by Gasteiger charge is 2.46. The lowest BCUT2D eigenvalue weighted by Crippen LogP contribution is -2.28. The fourth-order valence-corrected chi connectivity index (χ4v) is 8.14. The summed E-state index contributed by atoms with van der Waals surface area (Å²) < 4.78 is 0. The third-order valence-corrected chi connectivity index (χ3v) is 10.7. The Bertz CT molecular complexity index is 2730. The molecular weight excluding hydrogens is 669 g/mol. The van der Waals surface area contributed by atoms with E-state index < -0.39 is 5.41 Å². The SMILES string of the molecule is c1ccc(-c2ccc(-c3nc(-c4ccc(-c5ccc6c(c5)C(c5ccccc5)(c5ccccc5)c5ccccc5-6)cc4)nc(-c4cccnc4)n3)cc2)cc1. The predicted molar refractivity (Wildman–Crippen MR) is 222 cm³/mol. The second kappa shape index (κ2) is 13.6. The van der Waals surface area contributed by atoms with Crippen LogP contribution in [0.2, 0.25) is 0 Å². The summed E-state index contributed by atoms with van der Waals surface area (Å²) in [6.45, 7) is 0. The van der Waals surface area contributed by atoms with Gasteiger partial charge in [0.15, 0.2) is 17.5 Å². The average Bonchev–Trinajstić information content (AvgIpc) is 3.58. The van der Waals surface area contributed by atoms with Gasteiger partial charge in [0.2, 0.25) is 0 Å². The molecule has 55 heavy (non-hydrogen) atoms. The molecule has 7 aromatic carbocycles. The Labute approximate surface area is 320 Å². The van der Waals surface area contributed by atoms with Crippen LogP contribution in [0.5, 0.6) is 0 Å². The third kappa shape index (κ3) is 5.63. The number of nitrogens with zero attached hydrogens (tertiary/aromatic N) is 4. The maximum atomic E-state index is 5.02. The Morgan fingerprint density at radius 3 is 1.33 bits per heavy atom. The first-order chi connectivity index (χ1) is 27.3. The molecule has 0 bridgehead atoms. The van der Waals surface area contributed by atoms with E-state index in [4.69, 9.17) is 15.0 Å². The Balaban J connectivity index is 1.06. The van der Waals surface area contributed by atoms with Crippen molar-refractivity contribution in [1.29, 1.82) is 0 Å². The lowest BCUT2D eigenvalue weighted by Gasteiger charge is -2.34. The lowest BCUT2D eigenvalue weighted by molar-refractivity contribution is 0.769. The van der Waals surface area contributed by atoms with Crippen LogP contribution in [-0.2, 0) is 5.41 Å². The molecule has 1 aliphatic rings. The van der Waals surface area contributed by atoms with Gasteiger partial charge in [0.25, 0.3) is 0 Å². The topological polar surface area (TPSA) is 51.6 Å². The van der Waals surface area contributed by atoms with Gasteiger partial charge >= 0.3 is 0 Å². The van der Waals surface area contributed by atoms with E-state index in [1.165, 1.54) is 38.9 Å². The summed E-state index contributed by atoms with van der Waals surface area (Å²) >= 11 is 0. The van der Waals surface area contributed by atoms with Crippen LogP contribution in [0.25, 0.3) is 67.5 Å². The number of aromatic nitrogens is 4. The van der Waals surface area contributed by atoms with E-state index in [0.717, 1.165) is 33.4 Å². The summed E-state index contributed by atoms with van der Waals surface area (Å²) in [5, 5.41) is 0. The molecule has 0 fully saturated rings. The molecule has 4 heteroatoms. The van der Waals surface area contributed by atoms with Gasteiger partial charge in [-0.15, -0.1) is 0 Å². The van der Waals surface area contributed by atoms with Gasteiger partial charge < -0.3 is 0 Å². The fraction of sp³-hybridized carbons (Fsp3) is 0.0196. The quantitative estimate of drug-likeness (QED) is 0.166. The van der Waals surface area contributed by atoms with Crippen LogP contribution in [-0.4, -0.2) is 19.9 Å². The van der Waals surface area contributed by atoms with Gasteiger partial charge in [-0.25, -0.2) is 15.0 Å². The summed E-state index contributed by atoms with van der Waals surface area (Å²) in [5.41, 5.74) is 14.4. The smallest absolute Gasteiger partial charge is 0.165 e. The molecular formula is C51H34N4. The van der Waals surface area contributed by atoms with Crippen molar-refractivity contribution in [3.8, 4) is 67.5 Å². The molecule has 0 unspecified atom stereocenters. The van der Waals surface area contributed by atoms with Gasteiger partial charge in [-0.3, -0.25) is 4.98 Å². The van der Waals surface area contributed by atoms with E-state index in [1.807, 2.05) is 18.2 Å². The van der Waals surface area contributed by atoms with E-state index >= 15 is 0 Å². The maximum absolute atomic E-state index is 5.02. The number of rotatable bonds is 7. The first-order valence-electron chi connectivity index (χ1n) is 18.5. The summed E-state index contributed by atoms with van der Waals surface area (Å²) in [7, 11) is 0. The summed E-state index contributed by atoms with van der Waals surface area (Å²) in [4.78, 5) is 19.2. The standard InChI is InChI=1S/C51H34N4/c1-4-13-35(14-5-1)36-22-26-38(27-23-36)48-53-49(55-50(54-48)41-15-12-32-52-34-41)39-28-24-37(25-29-39)40-30-31-45-44-20-10-11-21-46(44)51(47(45)33-40,42-16-6-2-7-17-42)43-18-8-3-9-19-43/h1-34H. The highest BCUT2D eigenvalue weighted by atomic mass is 15.0. The zero-order valence-corrected chi connectivity index (χ0v) is 29.9. The van der Waals surface area contributed by atoms with Crippen molar-refractivity contribution >= 4 is 0 Å². The molecule has 0 aliphatic heterocycles. The molecule has 1 aliphatic carbocycles. The second-order valence-electron chi connectivity index (χ2n) is 13.9. The summed E-state index contributed by atoms with van der Waals surface area (Å²) in [6.07, 6.45) is 3.55. The van der Waals surface area contributed by atoms with Crippen molar-refractivity contribution in [2.45, 2.75) is 5.41 Å². The zero-order chi connectivity index (χ0) is 36.6. The van der Waals surface area contributed by atoms with Crippen LogP contribution in [0.4, 0.5) is 0 Å². The molecule has 0 saturated carbocycles. The van der Waals surface area contributed by atoms with Crippen LogP contribution in [0.3, 0.4) is 0 Å². The Hall–Kier alpha value is -7.30. The number of hydrogen-bond acceptors (Lipinski definition) is 4. The molecule has 0 saturated heterocycles. The van der Waals surface area contributed by atoms with Crippen molar-refractivity contribution in [1.82, 2.24) is 19.9 Å². The van der Waals surface area contributed by atoms with E-state index in [1.54, 1.807) is 12.4 Å². The molecule has 10 rings (SSSR count). The van der Waals surface area contributed by atoms with Gasteiger partial charge in [-0.1, -0.05) is 176 Å². The van der Waals surface area contributed by atoms with Crippen molar-refractivity contribution in [2.75, 3.05) is 0 Å². The van der Waals surface area contributed by atoms with E-state index in [-0.39, 0.29) is 0 Å². The van der Waals surface area contributed by atoms with Crippen LogP contribution >= 0.6 is 0 Å². The molecule has 258 valence electrons. The molecule has 4 nitrogen and oxygen atoms in total. The number of hydrogen-bond donors (Lipinski definition) is 0. The molecule has 2 heterocycles. The molecule has 2 aromatic heterocycles. The van der Waals surface area contributed by atoms with Crippen molar-refractivity contribution in [3.63, 3.8) is 0 Å². The average molecular weight is 703 g/mol. The second-order valence-corrected chi connectivity index (χ2v) is 13.9. The summed E-state index contributed by atoms with van der Waals surface area (Å²) in [6, 6.07) is 68.9. The Morgan fingerprint density at radius 2 is 0.745 bits per heavy atom. The van der Waals surface area contributed by atoms with Crippen LogP contribution in [0.1, 0.15) is 22.3 Å². The number of benzene rings is 7. The van der Waals surface area contributed by atoms with Crippen LogP contribution in [0, 0.1) is 0 Å². The number of pyridine rings is 1. The monoisotopic (exact) mass is 702 g/mol. The van der Waals surface area contributed by atoms with E-state index in [9.17, 15) is 0 Å². The number of fused-ring (bicyclic) bond motifs is 3. The molecule has 0 N–H and O–H groups in total. The minimum atomic E-state index is -0.451. The van der Waals surface area contributed by atoms with Crippen molar-refractivity contribution < 1.29 is 0 Å². The molecule has 0 amide bonds. The highest BCUT2D eigenvalue weighted by Crippen LogP contribution is 2.56. The Morgan fingerprint density at radius 1 is 0.309 bits per heavy atom. The third-order valence-electron chi connectivity index (χ3n) is 10.7. The Kier molecular flexibility index (Phi) is 8.00. The summed E-state index contributed by atoms with van der Waals surface area (Å²) in [5.74, 6) is 1.81. The molecule has 0 spiro atoms. The van der Waals surface area contributed by atoms with Gasteiger partial charge in [-0.05, 0) is 73.8 Å². The van der Waals surface area contributed by atoms with Gasteiger partial charge in [0.05, 0.1) is 5.41 Å². The zero-order valence-electron chi connectivity index (χ0n) is 29.9. The molecule has 9 aromatic rings. The fourth-order valence-electron chi connectivity index (χ4n) is 8.14. The van der Waals surface area contributed by atoms with Gasteiger partial charge in [-0.2, -0.15) is 0 Å². The largest absolute Gasteiger partial charge is 0.264 e. The first-order valence-corrected chi connectivity index (χ1v) is 18.5. The van der Waals surface area contributed by atoms with E-state index in [0.29, 0.717) is 17.5 Å². The molecule has 0 radical (unpaired) electrons. The lowest BCUT2D eigenvalue weighted by atomic mass is 9.67. The molecule has 0 atom stereocenters. The predicted octanol–water partition coefficient (Wildman–Crippen LogP) is 12.0. The minimum Gasteiger partial charge on any atom is -0.264 e. The van der Waals surface area contributed by atoms with Crippen LogP contribution < -0.4 is 0 Å². The minimum absolute atomic E-state index is 0.451.